The van der Waals surface area contributed by atoms with Gasteiger partial charge in [0.05, 0.1) is 10.6 Å². The number of nitro groups is 1. The first-order valence-corrected chi connectivity index (χ1v) is 8.55. The number of imide groups is 1. The van der Waals surface area contributed by atoms with Gasteiger partial charge >= 0.3 is 0 Å². The van der Waals surface area contributed by atoms with Crippen LogP contribution in [0.25, 0.3) is 0 Å². The van der Waals surface area contributed by atoms with Gasteiger partial charge in [0, 0.05) is 25.2 Å². The maximum atomic E-state index is 12.8. The molecule has 3 rings (SSSR count). The number of nitrogens with zero attached hydrogens (tertiary/aromatic N) is 3. The molecule has 2 amide bonds. The van der Waals surface area contributed by atoms with Gasteiger partial charge in [-0.05, 0) is 18.9 Å². The molecule has 0 N–H and O–H groups in total. The van der Waals surface area contributed by atoms with E-state index in [9.17, 15) is 19.7 Å². The Morgan fingerprint density at radius 2 is 1.88 bits per heavy atom. The number of carbonyl (C=O) groups is 2. The molecule has 8 heteroatoms. The lowest BCUT2D eigenvalue weighted by Crippen LogP contribution is -2.38. The minimum absolute atomic E-state index is 0.135. The lowest BCUT2D eigenvalue weighted by atomic mass is 9.94. The zero-order valence-electron chi connectivity index (χ0n) is 13.8. The molecular weight excluding hydrogens is 346 g/mol. The van der Waals surface area contributed by atoms with Crippen molar-refractivity contribution in [3.63, 3.8) is 0 Å². The molecule has 1 aliphatic carbocycles. The smallest absolute Gasteiger partial charge is 0.283 e. The van der Waals surface area contributed by atoms with Crippen LogP contribution in [0.3, 0.4) is 0 Å². The lowest BCUT2D eigenvalue weighted by Gasteiger charge is -2.33. The number of non-ortho nitro benzene ring substituents is 1. The van der Waals surface area contributed by atoms with Crippen molar-refractivity contribution in [2.45, 2.75) is 38.1 Å². The van der Waals surface area contributed by atoms with Crippen LogP contribution < -0.4 is 4.90 Å². The van der Waals surface area contributed by atoms with Gasteiger partial charge in [0.2, 0.25) is 0 Å². The highest BCUT2D eigenvalue weighted by Gasteiger charge is 2.42. The molecule has 0 bridgehead atoms. The van der Waals surface area contributed by atoms with E-state index in [1.54, 1.807) is 11.9 Å². The molecule has 25 heavy (non-hydrogen) atoms. The van der Waals surface area contributed by atoms with Gasteiger partial charge in [0.1, 0.15) is 10.7 Å². The van der Waals surface area contributed by atoms with Crippen LogP contribution in [0.4, 0.5) is 11.4 Å². The number of hydrogen-bond donors (Lipinski definition) is 0. The number of anilines is 1. The van der Waals surface area contributed by atoms with Crippen molar-refractivity contribution < 1.29 is 14.5 Å². The van der Waals surface area contributed by atoms with Crippen molar-refractivity contribution in [2.24, 2.45) is 0 Å². The molecule has 0 saturated heterocycles. The first-order valence-electron chi connectivity index (χ1n) is 8.17. The number of amides is 2. The summed E-state index contributed by atoms with van der Waals surface area (Å²) in [6.07, 6.45) is 5.22. The average Bonchev–Trinajstić information content (AvgIpc) is 2.84. The second kappa shape index (κ2) is 6.84. The minimum atomic E-state index is -0.648. The van der Waals surface area contributed by atoms with Crippen molar-refractivity contribution in [3.8, 4) is 0 Å². The lowest BCUT2D eigenvalue weighted by molar-refractivity contribution is -0.384. The summed E-state index contributed by atoms with van der Waals surface area (Å²) < 4.78 is 0. The van der Waals surface area contributed by atoms with E-state index < -0.39 is 16.7 Å². The Balaban J connectivity index is 1.91. The van der Waals surface area contributed by atoms with Crippen LogP contribution in [0.1, 0.15) is 32.1 Å². The van der Waals surface area contributed by atoms with Gasteiger partial charge in [-0.1, -0.05) is 36.9 Å². The van der Waals surface area contributed by atoms with E-state index in [1.165, 1.54) is 30.7 Å². The highest BCUT2D eigenvalue weighted by molar-refractivity contribution is 6.52. The molecule has 0 atom stereocenters. The van der Waals surface area contributed by atoms with Crippen LogP contribution in [0.2, 0.25) is 0 Å². The van der Waals surface area contributed by atoms with Crippen molar-refractivity contribution in [2.75, 3.05) is 11.9 Å². The Hall–Kier alpha value is -2.41. The van der Waals surface area contributed by atoms with E-state index in [2.05, 4.69) is 0 Å². The molecule has 0 unspecified atom stereocenters. The van der Waals surface area contributed by atoms with Crippen molar-refractivity contribution >= 4 is 34.8 Å². The number of rotatable bonds is 4. The summed E-state index contributed by atoms with van der Waals surface area (Å²) >= 11 is 6.18. The molecule has 0 radical (unpaired) electrons. The van der Waals surface area contributed by atoms with E-state index in [0.717, 1.165) is 30.6 Å². The van der Waals surface area contributed by atoms with Gasteiger partial charge in [-0.3, -0.25) is 19.7 Å². The van der Waals surface area contributed by atoms with E-state index in [0.29, 0.717) is 0 Å². The van der Waals surface area contributed by atoms with Crippen molar-refractivity contribution in [3.05, 3.63) is 45.1 Å². The first-order chi connectivity index (χ1) is 11.9. The van der Waals surface area contributed by atoms with Crippen LogP contribution in [0.15, 0.2) is 35.0 Å². The van der Waals surface area contributed by atoms with Crippen LogP contribution in [0.5, 0.6) is 0 Å². The zero-order chi connectivity index (χ0) is 18.1. The van der Waals surface area contributed by atoms with E-state index in [4.69, 9.17) is 11.6 Å². The molecule has 132 valence electrons. The predicted octanol–water partition coefficient (Wildman–Crippen LogP) is 3.18. The van der Waals surface area contributed by atoms with Gasteiger partial charge in [-0.15, -0.1) is 0 Å². The summed E-state index contributed by atoms with van der Waals surface area (Å²) in [5, 5.41) is 10.8. The Morgan fingerprint density at radius 1 is 1.20 bits per heavy atom. The summed E-state index contributed by atoms with van der Waals surface area (Å²) in [5.41, 5.74) is 0.128. The molecule has 0 spiro atoms. The zero-order valence-corrected chi connectivity index (χ0v) is 14.5. The first kappa shape index (κ1) is 17.4. The molecule has 1 fully saturated rings. The van der Waals surface area contributed by atoms with Crippen LogP contribution in [0, 0.1) is 10.1 Å². The number of hydrogen-bond acceptors (Lipinski definition) is 5. The second-order valence-electron chi connectivity index (χ2n) is 6.29. The summed E-state index contributed by atoms with van der Waals surface area (Å²) in [7, 11) is 1.77. The monoisotopic (exact) mass is 363 g/mol. The normalized spacial score (nSPS) is 18.9. The van der Waals surface area contributed by atoms with Crippen molar-refractivity contribution in [1.82, 2.24) is 4.90 Å². The third kappa shape index (κ3) is 3.11. The molecule has 0 aromatic heterocycles. The summed E-state index contributed by atoms with van der Waals surface area (Å²) in [6, 6.07) is 5.59. The molecule has 2 aliphatic rings. The molecule has 7 nitrogen and oxygen atoms in total. The van der Waals surface area contributed by atoms with Crippen molar-refractivity contribution in [1.29, 1.82) is 0 Å². The van der Waals surface area contributed by atoms with E-state index >= 15 is 0 Å². The Morgan fingerprint density at radius 3 is 2.52 bits per heavy atom. The topological polar surface area (TPSA) is 83.8 Å². The standard InChI is InChI=1S/C17H18ClN3O4/c1-19(11-6-3-2-4-7-11)15-14(18)16(22)20(17(15)23)12-8-5-9-13(10-12)21(24)25/h5,8-11H,2-4,6-7H2,1H3. The molecular formula is C17H18ClN3O4. The van der Waals surface area contributed by atoms with Gasteiger partial charge in [0.15, 0.2) is 0 Å². The van der Waals surface area contributed by atoms with Gasteiger partial charge < -0.3 is 4.90 Å². The molecule has 1 aliphatic heterocycles. The number of nitro benzene ring substituents is 1. The molecule has 1 aromatic carbocycles. The fourth-order valence-electron chi connectivity index (χ4n) is 3.43. The minimum Gasteiger partial charge on any atom is -0.366 e. The highest BCUT2D eigenvalue weighted by Crippen LogP contribution is 2.34. The molecule has 1 heterocycles. The largest absolute Gasteiger partial charge is 0.366 e. The number of halogens is 1. The number of carbonyl (C=O) groups excluding carboxylic acids is 2. The fourth-order valence-corrected chi connectivity index (χ4v) is 3.73. The van der Waals surface area contributed by atoms with E-state index in [1.807, 2.05) is 0 Å². The fraction of sp³-hybridized carbons (Fsp3) is 0.412. The number of benzene rings is 1. The van der Waals surface area contributed by atoms with Gasteiger partial charge in [-0.2, -0.15) is 0 Å². The maximum Gasteiger partial charge on any atom is 0.283 e. The van der Waals surface area contributed by atoms with Crippen LogP contribution in [-0.4, -0.2) is 34.7 Å². The quantitative estimate of drug-likeness (QED) is 0.466. The third-order valence-electron chi connectivity index (χ3n) is 4.78. The molecule has 1 saturated carbocycles. The Bertz CT molecular complexity index is 771. The van der Waals surface area contributed by atoms with Crippen LogP contribution in [-0.2, 0) is 9.59 Å². The van der Waals surface area contributed by atoms with E-state index in [-0.39, 0.29) is 28.1 Å². The number of likely N-dealkylation sites (N-methyl/N-ethyl adjacent to an activating group) is 1. The molecule has 1 aromatic rings. The third-order valence-corrected chi connectivity index (χ3v) is 5.12. The predicted molar refractivity (Wildman–Crippen MR) is 93.1 cm³/mol. The second-order valence-corrected chi connectivity index (χ2v) is 6.67. The Kier molecular flexibility index (Phi) is 4.76. The average molecular weight is 364 g/mol. The maximum absolute atomic E-state index is 12.8. The van der Waals surface area contributed by atoms with Gasteiger partial charge in [-0.25, -0.2) is 4.90 Å². The van der Waals surface area contributed by atoms with Gasteiger partial charge in [0.25, 0.3) is 17.5 Å². The Labute approximate surface area is 150 Å². The summed E-state index contributed by atoms with van der Waals surface area (Å²) in [4.78, 5) is 38.4. The van der Waals surface area contributed by atoms with Crippen LogP contribution >= 0.6 is 11.6 Å². The SMILES string of the molecule is CN(C1=C(Cl)C(=O)N(c2cccc([N+](=O)[O-])c2)C1=O)C1CCCCC1. The highest BCUT2D eigenvalue weighted by atomic mass is 35.5. The summed E-state index contributed by atoms with van der Waals surface area (Å²) in [6.45, 7) is 0. The summed E-state index contributed by atoms with van der Waals surface area (Å²) in [5.74, 6) is -1.19.